The van der Waals surface area contributed by atoms with Crippen molar-refractivity contribution in [3.8, 4) is 11.8 Å². The molecule has 1 N–H and O–H groups in total. The Morgan fingerprint density at radius 3 is 2.85 bits per heavy atom. The number of amides is 1. The molecule has 9 nitrogen and oxygen atoms in total. The Morgan fingerprint density at radius 1 is 1.35 bits per heavy atom. The number of nitriles is 1. The van der Waals surface area contributed by atoms with Crippen molar-refractivity contribution in [3.05, 3.63) is 58.1 Å². The van der Waals surface area contributed by atoms with E-state index in [0.717, 1.165) is 6.07 Å². The Balaban J connectivity index is 1.80. The highest BCUT2D eigenvalue weighted by Crippen LogP contribution is 2.35. The summed E-state index contributed by atoms with van der Waals surface area (Å²) in [6.45, 7) is -0.349. The Bertz CT molecular complexity index is 950. The summed E-state index contributed by atoms with van der Waals surface area (Å²) in [5.74, 6) is -1.03. The second-order valence-electron chi connectivity index (χ2n) is 5.44. The first kappa shape index (κ1) is 16.9. The molecule has 1 aliphatic rings. The average Bonchev–Trinajstić information content (AvgIpc) is 2.61. The number of carbonyl (C=O) groups excluding carboxylic acids is 2. The number of carbonyl (C=O) groups is 2. The van der Waals surface area contributed by atoms with E-state index in [2.05, 4.69) is 5.32 Å². The molecule has 0 unspecified atom stereocenters. The van der Waals surface area contributed by atoms with E-state index >= 15 is 0 Å². The Hall–Kier alpha value is -3.93. The molecule has 130 valence electrons. The van der Waals surface area contributed by atoms with Crippen LogP contribution in [0.25, 0.3) is 0 Å². The summed E-state index contributed by atoms with van der Waals surface area (Å²) in [7, 11) is 0. The van der Waals surface area contributed by atoms with E-state index in [9.17, 15) is 19.7 Å². The maximum absolute atomic E-state index is 12.3. The fraction of sp³-hybridized carbons (Fsp3) is 0.118. The Labute approximate surface area is 147 Å². The molecule has 0 spiro atoms. The van der Waals surface area contributed by atoms with Crippen molar-refractivity contribution in [3.63, 3.8) is 0 Å². The van der Waals surface area contributed by atoms with Gasteiger partial charge in [-0.3, -0.25) is 14.9 Å². The number of nitrogens with one attached hydrogen (secondary N) is 1. The summed E-state index contributed by atoms with van der Waals surface area (Å²) in [4.78, 5) is 35.8. The number of rotatable bonds is 4. The number of nitro groups is 1. The van der Waals surface area contributed by atoms with Crippen molar-refractivity contribution in [2.75, 3.05) is 23.3 Å². The standard InChI is InChI=1S/C17H12N4O5/c18-8-11-3-1-2-4-13(11)19-16(22)9-20-10-17(23)26-15-7-12(21(24)25)5-6-14(15)20/h1-7H,9-10H2,(H,19,22). The first-order valence-electron chi connectivity index (χ1n) is 7.51. The largest absolute Gasteiger partial charge is 0.423 e. The minimum atomic E-state index is -0.622. The molecule has 0 saturated heterocycles. The van der Waals surface area contributed by atoms with E-state index in [1.54, 1.807) is 24.3 Å². The van der Waals surface area contributed by atoms with Gasteiger partial charge in [0.2, 0.25) is 5.91 Å². The molecule has 0 bridgehead atoms. The van der Waals surface area contributed by atoms with Crippen molar-refractivity contribution in [2.45, 2.75) is 0 Å². The molecule has 26 heavy (non-hydrogen) atoms. The topological polar surface area (TPSA) is 126 Å². The lowest BCUT2D eigenvalue weighted by molar-refractivity contribution is -0.384. The fourth-order valence-corrected chi connectivity index (χ4v) is 2.55. The van der Waals surface area contributed by atoms with Gasteiger partial charge in [-0.15, -0.1) is 0 Å². The highest BCUT2D eigenvalue weighted by molar-refractivity contribution is 5.97. The fourth-order valence-electron chi connectivity index (χ4n) is 2.55. The number of benzene rings is 2. The van der Waals surface area contributed by atoms with Gasteiger partial charge in [0.05, 0.1) is 34.5 Å². The van der Waals surface area contributed by atoms with Crippen molar-refractivity contribution in [2.24, 2.45) is 0 Å². The average molecular weight is 352 g/mol. The van der Waals surface area contributed by atoms with Gasteiger partial charge in [-0.25, -0.2) is 4.79 Å². The zero-order valence-corrected chi connectivity index (χ0v) is 13.3. The predicted octanol–water partition coefficient (Wildman–Crippen LogP) is 1.83. The summed E-state index contributed by atoms with van der Waals surface area (Å²) in [5, 5.41) is 22.5. The summed E-state index contributed by atoms with van der Waals surface area (Å²) in [5.41, 5.74) is 0.864. The number of esters is 1. The zero-order chi connectivity index (χ0) is 18.7. The first-order chi connectivity index (χ1) is 12.5. The number of nitro benzene ring substituents is 1. The van der Waals surface area contributed by atoms with Crippen molar-refractivity contribution >= 4 is 28.9 Å². The van der Waals surface area contributed by atoms with E-state index in [0.29, 0.717) is 16.9 Å². The molecule has 1 aliphatic heterocycles. The van der Waals surface area contributed by atoms with Gasteiger partial charge in [0.1, 0.15) is 12.6 Å². The van der Waals surface area contributed by atoms with Crippen LogP contribution in [0.3, 0.4) is 0 Å². The molecular formula is C17H12N4O5. The van der Waals surface area contributed by atoms with Crippen LogP contribution in [0, 0.1) is 21.4 Å². The van der Waals surface area contributed by atoms with Gasteiger partial charge in [0.25, 0.3) is 5.69 Å². The van der Waals surface area contributed by atoms with Crippen LogP contribution in [0.4, 0.5) is 17.1 Å². The van der Waals surface area contributed by atoms with Gasteiger partial charge in [0.15, 0.2) is 5.75 Å². The van der Waals surface area contributed by atoms with E-state index in [4.69, 9.17) is 10.00 Å². The van der Waals surface area contributed by atoms with Crippen LogP contribution >= 0.6 is 0 Å². The number of non-ortho nitro benzene ring substituents is 1. The second-order valence-corrected chi connectivity index (χ2v) is 5.44. The number of hydrogen-bond acceptors (Lipinski definition) is 7. The molecule has 0 saturated carbocycles. The second kappa shape index (κ2) is 6.90. The van der Waals surface area contributed by atoms with Gasteiger partial charge >= 0.3 is 5.97 Å². The van der Waals surface area contributed by atoms with E-state index < -0.39 is 16.8 Å². The minimum Gasteiger partial charge on any atom is -0.423 e. The van der Waals surface area contributed by atoms with Crippen LogP contribution < -0.4 is 15.0 Å². The summed E-state index contributed by atoms with van der Waals surface area (Å²) in [6, 6.07) is 12.3. The van der Waals surface area contributed by atoms with Gasteiger partial charge < -0.3 is 15.0 Å². The number of ether oxygens (including phenoxy) is 1. The number of fused-ring (bicyclic) bond motifs is 1. The molecule has 0 fully saturated rings. The van der Waals surface area contributed by atoms with Crippen molar-refractivity contribution in [1.29, 1.82) is 5.26 Å². The monoisotopic (exact) mass is 352 g/mol. The summed E-state index contributed by atoms with van der Waals surface area (Å²) >= 11 is 0. The lowest BCUT2D eigenvalue weighted by Gasteiger charge is -2.29. The zero-order valence-electron chi connectivity index (χ0n) is 13.3. The smallest absolute Gasteiger partial charge is 0.331 e. The Morgan fingerprint density at radius 2 is 2.12 bits per heavy atom. The van der Waals surface area contributed by atoms with Gasteiger partial charge in [-0.05, 0) is 18.2 Å². The molecule has 0 aromatic heterocycles. The van der Waals surface area contributed by atoms with Crippen LogP contribution in [0.2, 0.25) is 0 Å². The summed E-state index contributed by atoms with van der Waals surface area (Å²) in [6.07, 6.45) is 0. The third-order valence-electron chi connectivity index (χ3n) is 3.69. The van der Waals surface area contributed by atoms with Crippen LogP contribution in [0.1, 0.15) is 5.56 Å². The van der Waals surface area contributed by atoms with Crippen LogP contribution in [-0.2, 0) is 9.59 Å². The van der Waals surface area contributed by atoms with Gasteiger partial charge in [-0.2, -0.15) is 5.26 Å². The molecule has 1 amide bonds. The third kappa shape index (κ3) is 3.44. The van der Waals surface area contributed by atoms with Crippen molar-refractivity contribution < 1.29 is 19.2 Å². The molecule has 0 aliphatic carbocycles. The molecule has 2 aromatic rings. The Kier molecular flexibility index (Phi) is 4.49. The van der Waals surface area contributed by atoms with Crippen molar-refractivity contribution in [1.82, 2.24) is 0 Å². The van der Waals surface area contributed by atoms with E-state index in [-0.39, 0.29) is 24.5 Å². The summed E-state index contributed by atoms with van der Waals surface area (Å²) < 4.78 is 5.03. The van der Waals surface area contributed by atoms with E-state index in [1.807, 2.05) is 6.07 Å². The molecular weight excluding hydrogens is 340 g/mol. The van der Waals surface area contributed by atoms with Crippen LogP contribution in [-0.4, -0.2) is 29.9 Å². The predicted molar refractivity (Wildman–Crippen MR) is 90.7 cm³/mol. The number of hydrogen-bond donors (Lipinski definition) is 1. The molecule has 3 rings (SSSR count). The lowest BCUT2D eigenvalue weighted by Crippen LogP contribution is -2.41. The molecule has 9 heteroatoms. The van der Waals surface area contributed by atoms with Gasteiger partial charge in [0, 0.05) is 6.07 Å². The molecule has 0 atom stereocenters. The van der Waals surface area contributed by atoms with Gasteiger partial charge in [-0.1, -0.05) is 12.1 Å². The third-order valence-corrected chi connectivity index (χ3v) is 3.69. The molecule has 0 radical (unpaired) electrons. The lowest BCUT2D eigenvalue weighted by atomic mass is 10.2. The normalized spacial score (nSPS) is 12.6. The maximum Gasteiger partial charge on any atom is 0.331 e. The first-order valence-corrected chi connectivity index (χ1v) is 7.51. The SMILES string of the molecule is N#Cc1ccccc1NC(=O)CN1CC(=O)Oc2cc([N+](=O)[O-])ccc21. The van der Waals surface area contributed by atoms with Crippen LogP contribution in [0.5, 0.6) is 5.75 Å². The number of anilines is 2. The molecule has 2 aromatic carbocycles. The van der Waals surface area contributed by atoms with E-state index in [1.165, 1.54) is 17.0 Å². The number of para-hydroxylation sites is 1. The molecule has 1 heterocycles. The number of nitrogens with zero attached hydrogens (tertiary/aromatic N) is 3. The minimum absolute atomic E-state index is 0.0284. The van der Waals surface area contributed by atoms with Crippen LogP contribution in [0.15, 0.2) is 42.5 Å². The highest BCUT2D eigenvalue weighted by Gasteiger charge is 2.27. The maximum atomic E-state index is 12.3. The quantitative estimate of drug-likeness (QED) is 0.385. The highest BCUT2D eigenvalue weighted by atomic mass is 16.6.